The summed E-state index contributed by atoms with van der Waals surface area (Å²) in [7, 11) is 1.96. The van der Waals surface area contributed by atoms with Crippen LogP contribution in [0.25, 0.3) is 0 Å². The number of nitrogens with zero attached hydrogens (tertiary/aromatic N) is 2. The maximum absolute atomic E-state index is 11.3. The van der Waals surface area contributed by atoms with Crippen LogP contribution < -0.4 is 0 Å². The highest BCUT2D eigenvalue weighted by Gasteiger charge is 2.16. The van der Waals surface area contributed by atoms with Gasteiger partial charge in [0, 0.05) is 19.7 Å². The molecular weight excluding hydrogens is 200 g/mol. The summed E-state index contributed by atoms with van der Waals surface area (Å²) in [6.07, 6.45) is 8.51. The van der Waals surface area contributed by atoms with Crippen LogP contribution >= 0.6 is 0 Å². The Morgan fingerprint density at radius 1 is 1.56 bits per heavy atom. The normalized spacial score (nSPS) is 19.0. The fourth-order valence-corrected chi connectivity index (χ4v) is 1.48. The van der Waals surface area contributed by atoms with Gasteiger partial charge in [-0.05, 0) is 25.5 Å². The molecule has 0 radical (unpaired) electrons. The van der Waals surface area contributed by atoms with Crippen LogP contribution in [0.2, 0.25) is 0 Å². The summed E-state index contributed by atoms with van der Waals surface area (Å²) in [6, 6.07) is 0. The minimum absolute atomic E-state index is 0.00503. The van der Waals surface area contributed by atoms with Gasteiger partial charge in [0.25, 0.3) is 0 Å². The number of aliphatic imine (C=N–C) groups is 1. The van der Waals surface area contributed by atoms with Crippen LogP contribution in [0.4, 0.5) is 0 Å². The molecule has 3 nitrogen and oxygen atoms in total. The summed E-state index contributed by atoms with van der Waals surface area (Å²) in [6.45, 7) is 5.56. The van der Waals surface area contributed by atoms with E-state index < -0.39 is 0 Å². The van der Waals surface area contributed by atoms with Crippen molar-refractivity contribution in [3.8, 4) is 0 Å². The first kappa shape index (κ1) is 12.4. The molecule has 0 saturated carbocycles. The van der Waals surface area contributed by atoms with Crippen LogP contribution in [0.15, 0.2) is 40.8 Å². The third kappa shape index (κ3) is 2.69. The SMILES string of the molecule is C/C=C\C=C1\N=C(C(C)=O)C=C(CC)N1C. The maximum atomic E-state index is 11.3. The van der Waals surface area contributed by atoms with E-state index in [-0.39, 0.29) is 5.78 Å². The lowest BCUT2D eigenvalue weighted by atomic mass is 10.1. The first-order valence-electron chi connectivity index (χ1n) is 5.47. The van der Waals surface area contributed by atoms with Gasteiger partial charge in [0.1, 0.15) is 11.5 Å². The van der Waals surface area contributed by atoms with E-state index in [4.69, 9.17) is 0 Å². The van der Waals surface area contributed by atoms with Crippen LogP contribution in [0.1, 0.15) is 27.2 Å². The lowest BCUT2D eigenvalue weighted by Crippen LogP contribution is -2.24. The zero-order chi connectivity index (χ0) is 12.1. The fourth-order valence-electron chi connectivity index (χ4n) is 1.48. The van der Waals surface area contributed by atoms with Crippen LogP contribution in [-0.4, -0.2) is 23.4 Å². The van der Waals surface area contributed by atoms with Gasteiger partial charge in [0.15, 0.2) is 5.78 Å². The monoisotopic (exact) mass is 218 g/mol. The molecule has 0 bridgehead atoms. The number of hydrogen-bond donors (Lipinski definition) is 0. The van der Waals surface area contributed by atoms with E-state index in [1.807, 2.05) is 43.2 Å². The first-order chi connectivity index (χ1) is 7.60. The molecule has 16 heavy (non-hydrogen) atoms. The van der Waals surface area contributed by atoms with E-state index in [1.165, 1.54) is 0 Å². The highest BCUT2D eigenvalue weighted by Crippen LogP contribution is 2.20. The molecule has 0 N–H and O–H groups in total. The van der Waals surface area contributed by atoms with Gasteiger partial charge in [-0.2, -0.15) is 0 Å². The van der Waals surface area contributed by atoms with E-state index in [2.05, 4.69) is 11.9 Å². The number of Topliss-reactive ketones (excluding diaryl/α,β-unsaturated/α-hetero) is 1. The van der Waals surface area contributed by atoms with Gasteiger partial charge >= 0.3 is 0 Å². The van der Waals surface area contributed by atoms with Crippen LogP contribution in [0.3, 0.4) is 0 Å². The van der Waals surface area contributed by atoms with Crippen LogP contribution in [0, 0.1) is 0 Å². The molecule has 86 valence electrons. The number of allylic oxidation sites excluding steroid dienone is 5. The molecule has 1 rings (SSSR count). The van der Waals surface area contributed by atoms with E-state index in [0.29, 0.717) is 5.71 Å². The second-order valence-electron chi connectivity index (χ2n) is 3.65. The highest BCUT2D eigenvalue weighted by atomic mass is 16.1. The topological polar surface area (TPSA) is 32.7 Å². The summed E-state index contributed by atoms with van der Waals surface area (Å²) in [5, 5.41) is 0. The summed E-state index contributed by atoms with van der Waals surface area (Å²) in [5.74, 6) is 0.813. The second kappa shape index (κ2) is 5.45. The zero-order valence-electron chi connectivity index (χ0n) is 10.3. The molecule has 0 saturated heterocycles. The molecule has 0 fully saturated rings. The van der Waals surface area contributed by atoms with E-state index in [9.17, 15) is 4.79 Å². The Morgan fingerprint density at radius 2 is 2.25 bits per heavy atom. The van der Waals surface area contributed by atoms with Crippen molar-refractivity contribution in [3.63, 3.8) is 0 Å². The molecular formula is C13H18N2O. The minimum Gasteiger partial charge on any atom is -0.333 e. The number of hydrogen-bond acceptors (Lipinski definition) is 3. The number of rotatable bonds is 3. The molecule has 0 aromatic carbocycles. The molecule has 0 spiro atoms. The van der Waals surface area contributed by atoms with Crippen molar-refractivity contribution < 1.29 is 4.79 Å². The van der Waals surface area contributed by atoms with Gasteiger partial charge in [-0.15, -0.1) is 0 Å². The third-order valence-electron chi connectivity index (χ3n) is 2.47. The average Bonchev–Trinajstić information content (AvgIpc) is 2.27. The van der Waals surface area contributed by atoms with Crippen molar-refractivity contribution in [1.82, 2.24) is 4.90 Å². The molecule has 1 heterocycles. The van der Waals surface area contributed by atoms with E-state index in [1.54, 1.807) is 6.92 Å². The van der Waals surface area contributed by atoms with Crippen molar-refractivity contribution in [2.45, 2.75) is 27.2 Å². The fraction of sp³-hybridized carbons (Fsp3) is 0.385. The van der Waals surface area contributed by atoms with Gasteiger partial charge in [-0.25, -0.2) is 4.99 Å². The van der Waals surface area contributed by atoms with Crippen molar-refractivity contribution in [2.75, 3.05) is 7.05 Å². The lowest BCUT2D eigenvalue weighted by Gasteiger charge is -2.26. The predicted molar refractivity (Wildman–Crippen MR) is 67.2 cm³/mol. The number of ketones is 1. The summed E-state index contributed by atoms with van der Waals surface area (Å²) >= 11 is 0. The Kier molecular flexibility index (Phi) is 4.23. The second-order valence-corrected chi connectivity index (χ2v) is 3.65. The first-order valence-corrected chi connectivity index (χ1v) is 5.47. The van der Waals surface area contributed by atoms with Crippen molar-refractivity contribution >= 4 is 11.5 Å². The summed E-state index contributed by atoms with van der Waals surface area (Å²) in [4.78, 5) is 17.7. The van der Waals surface area contributed by atoms with E-state index >= 15 is 0 Å². The number of carbonyl (C=O) groups is 1. The summed E-state index contributed by atoms with van der Waals surface area (Å²) < 4.78 is 0. The molecule has 3 heteroatoms. The van der Waals surface area contributed by atoms with Gasteiger partial charge in [0.05, 0.1) is 0 Å². The molecule has 0 aromatic rings. The molecule has 0 aromatic heterocycles. The molecule has 0 amide bonds. The zero-order valence-corrected chi connectivity index (χ0v) is 10.3. The van der Waals surface area contributed by atoms with Gasteiger partial charge < -0.3 is 4.90 Å². The molecule has 0 unspecified atom stereocenters. The molecule has 0 aliphatic carbocycles. The van der Waals surface area contributed by atoms with Gasteiger partial charge in [0.2, 0.25) is 0 Å². The Hall–Kier alpha value is -1.64. The van der Waals surface area contributed by atoms with Crippen molar-refractivity contribution in [1.29, 1.82) is 0 Å². The van der Waals surface area contributed by atoms with Gasteiger partial charge in [-0.3, -0.25) is 4.79 Å². The molecule has 1 aliphatic heterocycles. The van der Waals surface area contributed by atoms with Crippen molar-refractivity contribution in [3.05, 3.63) is 35.8 Å². The quantitative estimate of drug-likeness (QED) is 0.729. The molecule has 0 atom stereocenters. The standard InChI is InChI=1S/C13H18N2O/c1-5-7-8-13-14-12(10(3)16)9-11(6-2)15(13)4/h5,7-9H,6H2,1-4H3/b7-5-,13-8-. The largest absolute Gasteiger partial charge is 0.333 e. The van der Waals surface area contributed by atoms with Gasteiger partial charge in [-0.1, -0.05) is 19.1 Å². The Labute approximate surface area is 96.9 Å². The predicted octanol–water partition coefficient (Wildman–Crippen LogP) is 2.67. The van der Waals surface area contributed by atoms with Crippen molar-refractivity contribution in [2.24, 2.45) is 4.99 Å². The third-order valence-corrected chi connectivity index (χ3v) is 2.47. The Balaban J connectivity index is 3.13. The Bertz CT molecular complexity index is 400. The average molecular weight is 218 g/mol. The van der Waals surface area contributed by atoms with Crippen LogP contribution in [0.5, 0.6) is 0 Å². The highest BCUT2D eigenvalue weighted by molar-refractivity contribution is 6.43. The van der Waals surface area contributed by atoms with E-state index in [0.717, 1.165) is 17.9 Å². The molecule has 1 aliphatic rings. The smallest absolute Gasteiger partial charge is 0.178 e. The minimum atomic E-state index is 0.00503. The lowest BCUT2D eigenvalue weighted by molar-refractivity contribution is -0.111. The Morgan fingerprint density at radius 3 is 2.75 bits per heavy atom. The summed E-state index contributed by atoms with van der Waals surface area (Å²) in [5.41, 5.74) is 1.64. The number of carbonyl (C=O) groups excluding carboxylic acids is 1. The van der Waals surface area contributed by atoms with Crippen LogP contribution in [-0.2, 0) is 4.79 Å². The maximum Gasteiger partial charge on any atom is 0.178 e.